The first-order valence-corrected chi connectivity index (χ1v) is 7.51. The van der Waals surface area contributed by atoms with E-state index < -0.39 is 0 Å². The smallest absolute Gasteiger partial charge is 0.223 e. The van der Waals surface area contributed by atoms with Crippen molar-refractivity contribution in [1.29, 1.82) is 0 Å². The minimum absolute atomic E-state index is 0.136. The Morgan fingerprint density at radius 2 is 2.16 bits per heavy atom. The van der Waals surface area contributed by atoms with Crippen molar-refractivity contribution >= 4 is 5.91 Å². The number of amides is 1. The summed E-state index contributed by atoms with van der Waals surface area (Å²) in [4.78, 5) is 14.6. The summed E-state index contributed by atoms with van der Waals surface area (Å²) in [6, 6.07) is 0.199. The van der Waals surface area contributed by atoms with Crippen LogP contribution in [0.25, 0.3) is 0 Å². The predicted octanol–water partition coefficient (Wildman–Crippen LogP) is 0.198. The third-order valence-corrected chi connectivity index (χ3v) is 4.32. The number of hydrogen-bond donors (Lipinski definition) is 2. The van der Waals surface area contributed by atoms with E-state index in [-0.39, 0.29) is 17.9 Å². The molecule has 3 unspecified atom stereocenters. The minimum atomic E-state index is 0.136. The summed E-state index contributed by atoms with van der Waals surface area (Å²) in [6.07, 6.45) is 3.24. The molecule has 0 aromatic carbocycles. The van der Waals surface area contributed by atoms with E-state index in [0.717, 1.165) is 52.1 Å². The van der Waals surface area contributed by atoms with E-state index in [1.807, 2.05) is 0 Å². The zero-order valence-electron chi connectivity index (χ0n) is 11.9. The highest BCUT2D eigenvalue weighted by Gasteiger charge is 2.32. The lowest BCUT2D eigenvalue weighted by Gasteiger charge is -2.30. The highest BCUT2D eigenvalue weighted by molar-refractivity contribution is 5.79. The molecule has 0 spiro atoms. The average molecular weight is 269 g/mol. The van der Waals surface area contributed by atoms with Crippen LogP contribution in [0.1, 0.15) is 26.2 Å². The molecule has 3 N–H and O–H groups in total. The van der Waals surface area contributed by atoms with E-state index in [2.05, 4.69) is 17.1 Å². The van der Waals surface area contributed by atoms with Crippen LogP contribution in [-0.4, -0.2) is 56.2 Å². The van der Waals surface area contributed by atoms with Gasteiger partial charge in [0.15, 0.2) is 0 Å². The number of carbonyl (C=O) groups excluding carboxylic acids is 1. The second-order valence-corrected chi connectivity index (χ2v) is 5.86. The van der Waals surface area contributed by atoms with Crippen LogP contribution >= 0.6 is 0 Å². The first kappa shape index (κ1) is 14.8. The first-order valence-electron chi connectivity index (χ1n) is 7.51. The first-order chi connectivity index (χ1) is 9.20. The molecule has 5 nitrogen and oxygen atoms in total. The summed E-state index contributed by atoms with van der Waals surface area (Å²) < 4.78 is 5.33. The number of nitrogens with zero attached hydrogens (tertiary/aromatic N) is 1. The maximum Gasteiger partial charge on any atom is 0.223 e. The van der Waals surface area contributed by atoms with Crippen LogP contribution in [0.15, 0.2) is 0 Å². The number of nitrogens with two attached hydrogens (primary N) is 1. The SMILES string of the molecule is CC(CN1CCOCC1)NC(=O)C1CCCC1CN. The Bertz CT molecular complexity index is 292. The second kappa shape index (κ2) is 7.22. The normalized spacial score (nSPS) is 30.2. The predicted molar refractivity (Wildman–Crippen MR) is 74.7 cm³/mol. The summed E-state index contributed by atoms with van der Waals surface area (Å²) in [5.74, 6) is 0.724. The number of nitrogens with one attached hydrogen (secondary N) is 1. The molecule has 2 rings (SSSR count). The number of hydrogen-bond acceptors (Lipinski definition) is 4. The Morgan fingerprint density at radius 3 is 2.84 bits per heavy atom. The zero-order chi connectivity index (χ0) is 13.7. The standard InChI is InChI=1S/C14H27N3O2/c1-11(10-17-5-7-19-8-6-17)16-14(18)13-4-2-3-12(13)9-15/h11-13H,2-10,15H2,1H3,(H,16,18). The molecule has 5 heteroatoms. The Balaban J connectivity index is 1.74. The number of carbonyl (C=O) groups is 1. The third kappa shape index (κ3) is 4.16. The van der Waals surface area contributed by atoms with Gasteiger partial charge in [0.2, 0.25) is 5.91 Å². The Kier molecular flexibility index (Phi) is 5.60. The Labute approximate surface area is 115 Å². The fraction of sp³-hybridized carbons (Fsp3) is 0.929. The molecule has 1 amide bonds. The molecule has 19 heavy (non-hydrogen) atoms. The third-order valence-electron chi connectivity index (χ3n) is 4.32. The highest BCUT2D eigenvalue weighted by Crippen LogP contribution is 2.31. The Morgan fingerprint density at radius 1 is 1.42 bits per heavy atom. The summed E-state index contributed by atoms with van der Waals surface area (Å²) in [5, 5.41) is 3.16. The van der Waals surface area contributed by atoms with Gasteiger partial charge in [-0.3, -0.25) is 9.69 Å². The molecule has 3 atom stereocenters. The van der Waals surface area contributed by atoms with E-state index in [1.54, 1.807) is 0 Å². The molecule has 1 saturated carbocycles. The van der Waals surface area contributed by atoms with Crippen LogP contribution in [-0.2, 0) is 9.53 Å². The van der Waals surface area contributed by atoms with Crippen LogP contribution in [0, 0.1) is 11.8 Å². The number of rotatable bonds is 5. The van der Waals surface area contributed by atoms with Gasteiger partial charge in [-0.15, -0.1) is 0 Å². The number of ether oxygens (including phenoxy) is 1. The molecular weight excluding hydrogens is 242 g/mol. The molecule has 0 aromatic rings. The Hall–Kier alpha value is -0.650. The van der Waals surface area contributed by atoms with Crippen molar-refractivity contribution in [3.8, 4) is 0 Å². The van der Waals surface area contributed by atoms with Gasteiger partial charge in [0.1, 0.15) is 0 Å². The van der Waals surface area contributed by atoms with Gasteiger partial charge in [0.05, 0.1) is 13.2 Å². The fourth-order valence-electron chi connectivity index (χ4n) is 3.23. The molecule has 2 fully saturated rings. The van der Waals surface area contributed by atoms with Gasteiger partial charge in [-0.25, -0.2) is 0 Å². The maximum atomic E-state index is 12.3. The monoisotopic (exact) mass is 269 g/mol. The van der Waals surface area contributed by atoms with Crippen molar-refractivity contribution in [2.75, 3.05) is 39.4 Å². The van der Waals surface area contributed by atoms with Crippen molar-refractivity contribution in [3.05, 3.63) is 0 Å². The molecule has 2 aliphatic rings. The van der Waals surface area contributed by atoms with Crippen LogP contribution in [0.2, 0.25) is 0 Å². The van der Waals surface area contributed by atoms with E-state index in [1.165, 1.54) is 0 Å². The fourth-order valence-corrected chi connectivity index (χ4v) is 3.23. The molecule has 1 aliphatic heterocycles. The quantitative estimate of drug-likeness (QED) is 0.748. The highest BCUT2D eigenvalue weighted by atomic mass is 16.5. The lowest BCUT2D eigenvalue weighted by atomic mass is 9.95. The zero-order valence-corrected chi connectivity index (χ0v) is 11.9. The molecule has 1 heterocycles. The topological polar surface area (TPSA) is 67.6 Å². The van der Waals surface area contributed by atoms with Crippen LogP contribution in [0.4, 0.5) is 0 Å². The molecule has 1 aliphatic carbocycles. The van der Waals surface area contributed by atoms with Crippen molar-refractivity contribution in [1.82, 2.24) is 10.2 Å². The molecule has 110 valence electrons. The van der Waals surface area contributed by atoms with Gasteiger partial charge >= 0.3 is 0 Å². The van der Waals surface area contributed by atoms with Crippen molar-refractivity contribution in [3.63, 3.8) is 0 Å². The molecular formula is C14H27N3O2. The summed E-state index contributed by atoms with van der Waals surface area (Å²) in [5.41, 5.74) is 5.74. The minimum Gasteiger partial charge on any atom is -0.379 e. The van der Waals surface area contributed by atoms with Crippen LogP contribution < -0.4 is 11.1 Å². The van der Waals surface area contributed by atoms with Crippen LogP contribution in [0.3, 0.4) is 0 Å². The van der Waals surface area contributed by atoms with Gasteiger partial charge in [0, 0.05) is 31.6 Å². The van der Waals surface area contributed by atoms with E-state index in [0.29, 0.717) is 12.5 Å². The summed E-state index contributed by atoms with van der Waals surface area (Å²) in [7, 11) is 0. The lowest BCUT2D eigenvalue weighted by Crippen LogP contribution is -2.48. The van der Waals surface area contributed by atoms with Gasteiger partial charge in [-0.05, 0) is 32.2 Å². The van der Waals surface area contributed by atoms with Crippen molar-refractivity contribution < 1.29 is 9.53 Å². The molecule has 1 saturated heterocycles. The van der Waals surface area contributed by atoms with Gasteiger partial charge in [-0.2, -0.15) is 0 Å². The van der Waals surface area contributed by atoms with Gasteiger partial charge in [0.25, 0.3) is 0 Å². The lowest BCUT2D eigenvalue weighted by molar-refractivity contribution is -0.126. The number of morpholine rings is 1. The van der Waals surface area contributed by atoms with Crippen molar-refractivity contribution in [2.24, 2.45) is 17.6 Å². The largest absolute Gasteiger partial charge is 0.379 e. The van der Waals surface area contributed by atoms with E-state index in [9.17, 15) is 4.79 Å². The molecule has 0 aromatic heterocycles. The summed E-state index contributed by atoms with van der Waals surface area (Å²) >= 11 is 0. The second-order valence-electron chi connectivity index (χ2n) is 5.86. The van der Waals surface area contributed by atoms with E-state index >= 15 is 0 Å². The average Bonchev–Trinajstić information content (AvgIpc) is 2.88. The summed E-state index contributed by atoms with van der Waals surface area (Å²) in [6.45, 7) is 7.17. The van der Waals surface area contributed by atoms with Gasteiger partial charge in [-0.1, -0.05) is 6.42 Å². The maximum absolute atomic E-state index is 12.3. The molecule has 0 bridgehead atoms. The van der Waals surface area contributed by atoms with Crippen molar-refractivity contribution in [2.45, 2.75) is 32.2 Å². The molecule has 0 radical (unpaired) electrons. The van der Waals surface area contributed by atoms with Crippen LogP contribution in [0.5, 0.6) is 0 Å². The van der Waals surface area contributed by atoms with E-state index in [4.69, 9.17) is 10.5 Å². The van der Waals surface area contributed by atoms with Gasteiger partial charge < -0.3 is 15.8 Å².